The first-order valence-electron chi connectivity index (χ1n) is 10.4. The van der Waals surface area contributed by atoms with Crippen molar-refractivity contribution in [2.45, 2.75) is 32.7 Å². The highest BCUT2D eigenvalue weighted by Crippen LogP contribution is 2.47. The van der Waals surface area contributed by atoms with E-state index in [1.165, 1.54) is 0 Å². The molecule has 0 fully saturated rings. The van der Waals surface area contributed by atoms with Crippen molar-refractivity contribution in [3.63, 3.8) is 0 Å². The zero-order valence-corrected chi connectivity index (χ0v) is 19.5. The lowest BCUT2D eigenvalue weighted by Gasteiger charge is -2.38. The zero-order chi connectivity index (χ0) is 22.6. The maximum atomic E-state index is 13.3. The monoisotopic (exact) mass is 468 g/mol. The smallest absolute Gasteiger partial charge is 0.226 e. The van der Waals surface area contributed by atoms with Gasteiger partial charge in [-0.05, 0) is 42.2 Å². The van der Waals surface area contributed by atoms with Gasteiger partial charge in [-0.25, -0.2) is 4.68 Å². The molecule has 8 heteroatoms. The number of nitrogens with one attached hydrogen (secondary N) is 1. The molecule has 0 saturated heterocycles. The van der Waals surface area contributed by atoms with E-state index in [0.717, 1.165) is 29.0 Å². The second-order valence-corrected chi connectivity index (χ2v) is 9.72. The van der Waals surface area contributed by atoms with Gasteiger partial charge in [0.1, 0.15) is 11.8 Å². The molecule has 0 amide bonds. The lowest BCUT2D eigenvalue weighted by molar-refractivity contribution is -0.118. The highest BCUT2D eigenvalue weighted by Gasteiger charge is 2.42. The zero-order valence-electron chi connectivity index (χ0n) is 17.9. The van der Waals surface area contributed by atoms with Crippen LogP contribution < -0.4 is 10.1 Å². The van der Waals surface area contributed by atoms with Crippen molar-refractivity contribution in [3.05, 3.63) is 69.3 Å². The Morgan fingerprint density at radius 3 is 2.59 bits per heavy atom. The number of carbonyl (C=O) groups is 1. The van der Waals surface area contributed by atoms with Crippen molar-refractivity contribution < 1.29 is 9.53 Å². The van der Waals surface area contributed by atoms with Crippen LogP contribution in [0.4, 0.5) is 5.95 Å². The number of ether oxygens (including phenoxy) is 1. The van der Waals surface area contributed by atoms with Gasteiger partial charge in [0, 0.05) is 28.8 Å². The first-order chi connectivity index (χ1) is 15.3. The summed E-state index contributed by atoms with van der Waals surface area (Å²) in [5, 5.41) is 9.01. The number of hydrogen-bond donors (Lipinski definition) is 1. The van der Waals surface area contributed by atoms with Crippen LogP contribution in [0.5, 0.6) is 5.75 Å². The molecule has 1 N–H and O–H groups in total. The van der Waals surface area contributed by atoms with Gasteiger partial charge in [0.25, 0.3) is 0 Å². The Kier molecular flexibility index (Phi) is 5.02. The van der Waals surface area contributed by atoms with Gasteiger partial charge in [0.05, 0.1) is 17.2 Å². The molecule has 32 heavy (non-hydrogen) atoms. The summed E-state index contributed by atoms with van der Waals surface area (Å²) in [6.07, 6.45) is 1.19. The summed E-state index contributed by atoms with van der Waals surface area (Å²) in [5.41, 5.74) is 2.97. The molecule has 0 bridgehead atoms. The largest absolute Gasteiger partial charge is 0.497 e. The van der Waals surface area contributed by atoms with E-state index in [0.29, 0.717) is 33.8 Å². The minimum absolute atomic E-state index is 0.0805. The second-order valence-electron chi connectivity index (χ2n) is 8.94. The molecule has 1 aliphatic heterocycles. The predicted octanol–water partition coefficient (Wildman–Crippen LogP) is 5.92. The van der Waals surface area contributed by atoms with Gasteiger partial charge in [-0.2, -0.15) is 4.98 Å². The molecule has 0 spiro atoms. The van der Waals surface area contributed by atoms with E-state index < -0.39 is 6.04 Å². The first-order valence-corrected chi connectivity index (χ1v) is 11.1. The summed E-state index contributed by atoms with van der Waals surface area (Å²) >= 11 is 13.0. The number of rotatable bonds is 3. The van der Waals surface area contributed by atoms with Crippen LogP contribution in [0.1, 0.15) is 38.3 Å². The Morgan fingerprint density at radius 2 is 1.88 bits per heavy atom. The van der Waals surface area contributed by atoms with Crippen LogP contribution in [-0.2, 0) is 4.79 Å². The third-order valence-corrected chi connectivity index (χ3v) is 6.79. The average Bonchev–Trinajstić information content (AvgIpc) is 3.17. The number of methoxy groups -OCH3 is 1. The Hall–Kier alpha value is -2.83. The molecule has 3 aromatic rings. The molecule has 1 unspecified atom stereocenters. The van der Waals surface area contributed by atoms with Crippen LogP contribution in [0.15, 0.2) is 53.7 Å². The molecule has 1 atom stereocenters. The van der Waals surface area contributed by atoms with E-state index in [1.54, 1.807) is 17.9 Å². The van der Waals surface area contributed by atoms with Crippen LogP contribution in [0.3, 0.4) is 0 Å². The number of nitrogens with zero attached hydrogens (tertiary/aromatic N) is 3. The van der Waals surface area contributed by atoms with Crippen molar-refractivity contribution in [1.82, 2.24) is 14.8 Å². The maximum Gasteiger partial charge on any atom is 0.226 e. The summed E-state index contributed by atoms with van der Waals surface area (Å²) in [5.74, 6) is 1.95. The van der Waals surface area contributed by atoms with Gasteiger partial charge in [-0.1, -0.05) is 49.2 Å². The molecule has 2 aromatic carbocycles. The first kappa shape index (κ1) is 21.0. The number of Topliss-reactive ketones (excluding diaryl/α,β-unsaturated/α-hetero) is 1. The Balaban J connectivity index is 1.69. The molecule has 1 aromatic heterocycles. The quantitative estimate of drug-likeness (QED) is 0.516. The van der Waals surface area contributed by atoms with E-state index in [4.69, 9.17) is 38.0 Å². The molecule has 0 saturated carbocycles. The number of benzene rings is 2. The lowest BCUT2D eigenvalue weighted by Crippen LogP contribution is -2.36. The van der Waals surface area contributed by atoms with Gasteiger partial charge < -0.3 is 10.1 Å². The molecule has 5 rings (SSSR count). The summed E-state index contributed by atoms with van der Waals surface area (Å²) in [4.78, 5) is 18.1. The molecular formula is C24H22Cl2N4O2. The Bertz CT molecular complexity index is 1260. The van der Waals surface area contributed by atoms with E-state index in [-0.39, 0.29) is 11.2 Å². The summed E-state index contributed by atoms with van der Waals surface area (Å²) in [6, 6.07) is 12.5. The van der Waals surface area contributed by atoms with Crippen LogP contribution in [-0.4, -0.2) is 27.7 Å². The Labute approximate surface area is 196 Å². The fourth-order valence-corrected chi connectivity index (χ4v) is 4.90. The van der Waals surface area contributed by atoms with E-state index in [2.05, 4.69) is 19.2 Å². The van der Waals surface area contributed by atoms with Crippen LogP contribution in [0.25, 0.3) is 11.4 Å². The van der Waals surface area contributed by atoms with E-state index in [9.17, 15) is 4.79 Å². The summed E-state index contributed by atoms with van der Waals surface area (Å²) in [7, 11) is 1.63. The molecular weight excluding hydrogens is 447 g/mol. The predicted molar refractivity (Wildman–Crippen MR) is 125 cm³/mol. The Morgan fingerprint density at radius 1 is 1.12 bits per heavy atom. The van der Waals surface area contributed by atoms with Crippen LogP contribution in [0, 0.1) is 5.41 Å². The van der Waals surface area contributed by atoms with Crippen molar-refractivity contribution >= 4 is 34.9 Å². The maximum absolute atomic E-state index is 13.3. The fraction of sp³-hybridized carbons (Fsp3) is 0.292. The van der Waals surface area contributed by atoms with Gasteiger partial charge in [0.15, 0.2) is 11.6 Å². The highest BCUT2D eigenvalue weighted by atomic mass is 35.5. The minimum Gasteiger partial charge on any atom is -0.497 e. The normalized spacial score (nSPS) is 19.3. The third kappa shape index (κ3) is 3.48. The molecule has 2 aliphatic rings. The topological polar surface area (TPSA) is 69.0 Å². The fourth-order valence-electron chi connectivity index (χ4n) is 4.49. The van der Waals surface area contributed by atoms with Crippen molar-refractivity contribution in [2.75, 3.05) is 12.4 Å². The number of anilines is 1. The standard InChI is InChI=1S/C24H22Cl2N4O2/c1-24(2)11-17-19(18(31)12-24)21(15-5-4-6-16(25)20(15)26)30-23(27-17)28-22(29-30)13-7-9-14(32-3)10-8-13/h4-10,21H,11-12H2,1-3H3,(H,27,28,29). The number of hydrogen-bond acceptors (Lipinski definition) is 5. The van der Waals surface area contributed by atoms with Crippen molar-refractivity contribution in [3.8, 4) is 17.1 Å². The molecule has 1 aliphatic carbocycles. The SMILES string of the molecule is COc1ccc(-c2nc3n(n2)C(c2cccc(Cl)c2Cl)C2=C(CC(C)(C)CC2=O)N3)cc1. The number of carbonyl (C=O) groups excluding carboxylic acids is 1. The molecule has 6 nitrogen and oxygen atoms in total. The number of fused-ring (bicyclic) bond motifs is 1. The molecule has 164 valence electrons. The summed E-state index contributed by atoms with van der Waals surface area (Å²) in [6.45, 7) is 4.19. The van der Waals surface area contributed by atoms with Crippen LogP contribution in [0.2, 0.25) is 10.0 Å². The van der Waals surface area contributed by atoms with Gasteiger partial charge in [-0.15, -0.1) is 5.10 Å². The van der Waals surface area contributed by atoms with Gasteiger partial charge in [0.2, 0.25) is 5.95 Å². The highest BCUT2D eigenvalue weighted by molar-refractivity contribution is 6.42. The summed E-state index contributed by atoms with van der Waals surface area (Å²) < 4.78 is 6.99. The number of halogens is 2. The minimum atomic E-state index is -0.504. The van der Waals surface area contributed by atoms with Gasteiger partial charge in [-0.3, -0.25) is 4.79 Å². The van der Waals surface area contributed by atoms with Gasteiger partial charge >= 0.3 is 0 Å². The van der Waals surface area contributed by atoms with E-state index >= 15 is 0 Å². The molecule has 2 heterocycles. The van der Waals surface area contributed by atoms with E-state index in [1.807, 2.05) is 36.4 Å². The second kappa shape index (κ2) is 7.64. The number of allylic oxidation sites excluding steroid dienone is 2. The molecule has 0 radical (unpaired) electrons. The number of ketones is 1. The van der Waals surface area contributed by atoms with Crippen LogP contribution >= 0.6 is 23.2 Å². The van der Waals surface area contributed by atoms with Crippen molar-refractivity contribution in [1.29, 1.82) is 0 Å². The van der Waals surface area contributed by atoms with Crippen molar-refractivity contribution in [2.24, 2.45) is 5.41 Å². The lowest BCUT2D eigenvalue weighted by atomic mass is 9.73. The average molecular weight is 469 g/mol. The number of aromatic nitrogens is 3. The third-order valence-electron chi connectivity index (χ3n) is 5.96.